The predicted molar refractivity (Wildman–Crippen MR) is 105 cm³/mol. The first-order valence-electron chi connectivity index (χ1n) is 8.17. The van der Waals surface area contributed by atoms with Crippen molar-refractivity contribution in [2.24, 2.45) is 0 Å². The van der Waals surface area contributed by atoms with Gasteiger partial charge < -0.3 is 19.5 Å². The molecule has 2 aromatic carbocycles. The van der Waals surface area contributed by atoms with Crippen LogP contribution in [0.25, 0.3) is 0 Å². The third-order valence-electron chi connectivity index (χ3n) is 3.79. The van der Waals surface area contributed by atoms with Gasteiger partial charge in [0.05, 0.1) is 23.6 Å². The fraction of sp³-hybridized carbons (Fsp3) is 0.316. The number of aryl methyl sites for hydroxylation is 1. The Morgan fingerprint density at radius 3 is 2.88 bits per heavy atom. The van der Waals surface area contributed by atoms with Gasteiger partial charge in [0.2, 0.25) is 5.91 Å². The molecule has 3 rings (SSSR count). The molecular weight excluding hydrogens is 374 g/mol. The molecule has 0 unspecified atom stereocenters. The van der Waals surface area contributed by atoms with Gasteiger partial charge in [0.25, 0.3) is 0 Å². The molecule has 138 valence electrons. The first kappa shape index (κ1) is 18.7. The molecule has 26 heavy (non-hydrogen) atoms. The highest BCUT2D eigenvalue weighted by Gasteiger charge is 2.17. The summed E-state index contributed by atoms with van der Waals surface area (Å²) in [5, 5.41) is 3.43. The second-order valence-corrected chi connectivity index (χ2v) is 7.24. The summed E-state index contributed by atoms with van der Waals surface area (Å²) in [6.45, 7) is 2.99. The fourth-order valence-electron chi connectivity index (χ4n) is 2.61. The Kier molecular flexibility index (Phi) is 6.16. The molecule has 1 amide bonds. The van der Waals surface area contributed by atoms with Gasteiger partial charge in [-0.15, -0.1) is 11.8 Å². The molecule has 0 spiro atoms. The number of fused-ring (bicyclic) bond motifs is 1. The Bertz CT molecular complexity index is 812. The Morgan fingerprint density at radius 2 is 2.08 bits per heavy atom. The van der Waals surface area contributed by atoms with Gasteiger partial charge in [-0.1, -0.05) is 17.7 Å². The molecule has 0 radical (unpaired) electrons. The second-order valence-electron chi connectivity index (χ2n) is 5.85. The van der Waals surface area contributed by atoms with Crippen molar-refractivity contribution in [2.75, 3.05) is 31.4 Å². The molecule has 0 atom stereocenters. The van der Waals surface area contributed by atoms with Gasteiger partial charge in [-0.05, 0) is 42.3 Å². The number of methoxy groups -OCH3 is 1. The smallest absolute Gasteiger partial charge is 0.234 e. The van der Waals surface area contributed by atoms with Crippen LogP contribution in [-0.4, -0.2) is 32.0 Å². The number of rotatable bonds is 6. The van der Waals surface area contributed by atoms with Crippen molar-refractivity contribution >= 4 is 35.0 Å². The van der Waals surface area contributed by atoms with Crippen LogP contribution in [0.5, 0.6) is 17.2 Å². The lowest BCUT2D eigenvalue weighted by atomic mass is 10.2. The maximum atomic E-state index is 12.2. The summed E-state index contributed by atoms with van der Waals surface area (Å²) in [6.07, 6.45) is 0. The third-order valence-corrected chi connectivity index (χ3v) is 5.07. The SMILES string of the molecule is COc1ccc(C)cc1NC(=O)CSCc1cc(Cl)c2c(c1)OCCO2. The number of nitrogens with one attached hydrogen (secondary N) is 1. The lowest BCUT2D eigenvalue weighted by Crippen LogP contribution is -2.16. The Labute approximate surface area is 162 Å². The highest BCUT2D eigenvalue weighted by molar-refractivity contribution is 7.99. The van der Waals surface area contributed by atoms with Gasteiger partial charge in [-0.2, -0.15) is 0 Å². The summed E-state index contributed by atoms with van der Waals surface area (Å²) in [5.41, 5.74) is 2.73. The van der Waals surface area contributed by atoms with E-state index >= 15 is 0 Å². The van der Waals surface area contributed by atoms with Crippen LogP contribution in [0.1, 0.15) is 11.1 Å². The largest absolute Gasteiger partial charge is 0.495 e. The van der Waals surface area contributed by atoms with Crippen molar-refractivity contribution in [1.82, 2.24) is 0 Å². The number of halogens is 1. The predicted octanol–water partition coefficient (Wildman–Crippen LogP) is 4.30. The molecule has 0 fully saturated rings. The Balaban J connectivity index is 1.56. The topological polar surface area (TPSA) is 56.8 Å². The molecular formula is C19H20ClNO4S. The van der Waals surface area contributed by atoms with E-state index in [2.05, 4.69) is 5.32 Å². The van der Waals surface area contributed by atoms with Gasteiger partial charge in [-0.3, -0.25) is 4.79 Å². The molecule has 1 heterocycles. The minimum absolute atomic E-state index is 0.0810. The van der Waals surface area contributed by atoms with Gasteiger partial charge in [0.1, 0.15) is 19.0 Å². The van der Waals surface area contributed by atoms with E-state index in [1.165, 1.54) is 11.8 Å². The average Bonchev–Trinajstić information content (AvgIpc) is 2.62. The molecule has 5 nitrogen and oxygen atoms in total. The molecule has 0 aromatic heterocycles. The first-order chi connectivity index (χ1) is 12.6. The molecule has 1 aliphatic heterocycles. The lowest BCUT2D eigenvalue weighted by Gasteiger charge is -2.20. The van der Waals surface area contributed by atoms with Crippen molar-refractivity contribution < 1.29 is 19.0 Å². The number of carbonyl (C=O) groups is 1. The quantitative estimate of drug-likeness (QED) is 0.792. The molecule has 2 aromatic rings. The monoisotopic (exact) mass is 393 g/mol. The normalized spacial score (nSPS) is 12.6. The number of anilines is 1. The molecule has 0 saturated heterocycles. The van der Waals surface area contributed by atoms with Crippen molar-refractivity contribution in [3.8, 4) is 17.2 Å². The Morgan fingerprint density at radius 1 is 1.27 bits per heavy atom. The minimum Gasteiger partial charge on any atom is -0.495 e. The number of carbonyl (C=O) groups excluding carboxylic acids is 1. The second kappa shape index (κ2) is 8.56. The van der Waals surface area contributed by atoms with Crippen LogP contribution in [0.4, 0.5) is 5.69 Å². The zero-order chi connectivity index (χ0) is 18.5. The standard InChI is InChI=1S/C19H20ClNO4S/c1-12-3-4-16(23-2)15(7-12)21-18(22)11-26-10-13-8-14(20)19-17(9-13)24-5-6-25-19/h3-4,7-9H,5-6,10-11H2,1-2H3,(H,21,22). The van der Waals surface area contributed by atoms with Gasteiger partial charge in [0, 0.05) is 5.75 Å². The van der Waals surface area contributed by atoms with Crippen LogP contribution in [-0.2, 0) is 10.5 Å². The molecule has 0 aliphatic carbocycles. The molecule has 0 saturated carbocycles. The highest BCUT2D eigenvalue weighted by atomic mass is 35.5. The van der Waals surface area contributed by atoms with Gasteiger partial charge in [-0.25, -0.2) is 0 Å². The number of hydrogen-bond donors (Lipinski definition) is 1. The van der Waals surface area contributed by atoms with E-state index < -0.39 is 0 Å². The van der Waals surface area contributed by atoms with Crippen molar-refractivity contribution in [3.05, 3.63) is 46.5 Å². The summed E-state index contributed by atoms with van der Waals surface area (Å²) in [4.78, 5) is 12.2. The molecule has 1 N–H and O–H groups in total. The van der Waals surface area contributed by atoms with Gasteiger partial charge in [0.15, 0.2) is 11.5 Å². The van der Waals surface area contributed by atoms with Crippen LogP contribution < -0.4 is 19.5 Å². The third kappa shape index (κ3) is 4.56. The number of ether oxygens (including phenoxy) is 3. The average molecular weight is 394 g/mol. The number of hydrogen-bond acceptors (Lipinski definition) is 5. The summed E-state index contributed by atoms with van der Waals surface area (Å²) in [5.74, 6) is 2.79. The zero-order valence-electron chi connectivity index (χ0n) is 14.6. The maximum Gasteiger partial charge on any atom is 0.234 e. The van der Waals surface area contributed by atoms with Gasteiger partial charge >= 0.3 is 0 Å². The van der Waals surface area contributed by atoms with Crippen LogP contribution >= 0.6 is 23.4 Å². The highest BCUT2D eigenvalue weighted by Crippen LogP contribution is 2.39. The molecule has 1 aliphatic rings. The molecule has 7 heteroatoms. The number of benzene rings is 2. The van der Waals surface area contributed by atoms with Crippen LogP contribution in [0.2, 0.25) is 5.02 Å². The number of amides is 1. The lowest BCUT2D eigenvalue weighted by molar-refractivity contribution is -0.113. The zero-order valence-corrected chi connectivity index (χ0v) is 16.2. The van der Waals surface area contributed by atoms with E-state index in [9.17, 15) is 4.79 Å². The van der Waals surface area contributed by atoms with E-state index in [0.29, 0.717) is 52.7 Å². The van der Waals surface area contributed by atoms with E-state index in [4.69, 9.17) is 25.8 Å². The van der Waals surface area contributed by atoms with E-state index in [-0.39, 0.29) is 5.91 Å². The Hall–Kier alpha value is -2.05. The fourth-order valence-corrected chi connectivity index (χ4v) is 3.66. The first-order valence-corrected chi connectivity index (χ1v) is 9.70. The van der Waals surface area contributed by atoms with Crippen LogP contribution in [0, 0.1) is 6.92 Å². The van der Waals surface area contributed by atoms with E-state index in [1.807, 2.05) is 37.3 Å². The van der Waals surface area contributed by atoms with Crippen molar-refractivity contribution in [3.63, 3.8) is 0 Å². The van der Waals surface area contributed by atoms with Crippen molar-refractivity contribution in [2.45, 2.75) is 12.7 Å². The summed E-state index contributed by atoms with van der Waals surface area (Å²) in [6, 6.07) is 9.44. The molecule has 0 bridgehead atoms. The van der Waals surface area contributed by atoms with E-state index in [0.717, 1.165) is 11.1 Å². The van der Waals surface area contributed by atoms with Crippen LogP contribution in [0.15, 0.2) is 30.3 Å². The summed E-state index contributed by atoms with van der Waals surface area (Å²) >= 11 is 7.74. The summed E-state index contributed by atoms with van der Waals surface area (Å²) < 4.78 is 16.4. The number of thioether (sulfide) groups is 1. The van der Waals surface area contributed by atoms with Crippen LogP contribution in [0.3, 0.4) is 0 Å². The minimum atomic E-state index is -0.0810. The maximum absolute atomic E-state index is 12.2. The van der Waals surface area contributed by atoms with E-state index in [1.54, 1.807) is 7.11 Å². The summed E-state index contributed by atoms with van der Waals surface area (Å²) in [7, 11) is 1.58. The van der Waals surface area contributed by atoms with Crippen molar-refractivity contribution in [1.29, 1.82) is 0 Å².